The minimum atomic E-state index is -4.63. The van der Waals surface area contributed by atoms with Gasteiger partial charge < -0.3 is 4.55 Å². The first-order valence-corrected chi connectivity index (χ1v) is 12.2. The predicted octanol–water partition coefficient (Wildman–Crippen LogP) is 4.36. The normalized spacial score (nSPS) is 12.7. The van der Waals surface area contributed by atoms with E-state index in [1.54, 1.807) is 0 Å². The van der Waals surface area contributed by atoms with E-state index < -0.39 is 10.1 Å². The first-order valence-electron chi connectivity index (χ1n) is 10.8. The average Bonchev–Trinajstić information content (AvgIpc) is 2.56. The van der Waals surface area contributed by atoms with Gasteiger partial charge in [-0.2, -0.15) is 0 Å². The van der Waals surface area contributed by atoms with Crippen LogP contribution in [0, 0.1) is 0 Å². The van der Waals surface area contributed by atoms with E-state index in [1.807, 2.05) is 26.0 Å². The van der Waals surface area contributed by atoms with Crippen molar-refractivity contribution in [2.24, 2.45) is 0 Å². The van der Waals surface area contributed by atoms with Crippen molar-refractivity contribution in [3.63, 3.8) is 0 Å². The van der Waals surface area contributed by atoms with E-state index in [0.29, 0.717) is 16.9 Å². The molecule has 0 heterocycles. The zero-order valence-corrected chi connectivity index (χ0v) is 23.5. The van der Waals surface area contributed by atoms with Crippen LogP contribution in [-0.4, -0.2) is 13.0 Å². The van der Waals surface area contributed by atoms with Crippen LogP contribution < -0.4 is 29.6 Å². The third-order valence-electron chi connectivity index (χ3n) is 5.80. The molecule has 0 aromatic heterocycles. The topological polar surface area (TPSA) is 57.2 Å². The van der Waals surface area contributed by atoms with Gasteiger partial charge in [0.25, 0.3) is 0 Å². The van der Waals surface area contributed by atoms with E-state index in [0.717, 1.165) is 10.9 Å². The van der Waals surface area contributed by atoms with Crippen molar-refractivity contribution in [3.8, 4) is 0 Å². The second-order valence-corrected chi connectivity index (χ2v) is 11.1. The molecule has 0 radical (unpaired) electrons. The quantitative estimate of drug-likeness (QED) is 0.495. The molecule has 2 aromatic rings. The average molecular weight is 441 g/mol. The summed E-state index contributed by atoms with van der Waals surface area (Å²) in [6, 6.07) is 3.91. The summed E-state index contributed by atoms with van der Waals surface area (Å²) in [5, 5.41) is 1.59. The molecule has 5 heteroatoms. The Bertz CT molecular complexity index is 1020. The molecule has 0 unspecified atom stereocenters. The molecule has 3 nitrogen and oxygen atoms in total. The predicted molar refractivity (Wildman–Crippen MR) is 122 cm³/mol. The fraction of sp³-hybridized carbons (Fsp3) is 0.600. The molecule has 0 aliphatic heterocycles. The van der Waals surface area contributed by atoms with Gasteiger partial charge in [0.1, 0.15) is 10.1 Å². The Balaban J connectivity index is 0.00000450. The fourth-order valence-electron chi connectivity index (χ4n) is 4.85. The summed E-state index contributed by atoms with van der Waals surface area (Å²) in [5.41, 5.74) is 5.37. The number of fused-ring (bicyclic) bond motifs is 1. The van der Waals surface area contributed by atoms with Gasteiger partial charge in [0.05, 0.1) is 4.90 Å². The number of rotatable bonds is 6. The molecule has 2 aromatic carbocycles. The van der Waals surface area contributed by atoms with Crippen LogP contribution in [0.5, 0.6) is 0 Å². The molecule has 0 saturated heterocycles. The minimum absolute atomic E-state index is 0. The Labute approximate surface area is 206 Å². The number of hydrogen-bond donors (Lipinski definition) is 0. The molecule has 162 valence electrons. The molecule has 0 N–H and O–H groups in total. The third-order valence-corrected chi connectivity index (χ3v) is 6.74. The first-order chi connectivity index (χ1) is 13.2. The van der Waals surface area contributed by atoms with Crippen molar-refractivity contribution in [1.29, 1.82) is 0 Å². The van der Waals surface area contributed by atoms with Crippen molar-refractivity contribution >= 4 is 20.9 Å². The molecule has 2 rings (SSSR count). The molecule has 0 bridgehead atoms. The van der Waals surface area contributed by atoms with E-state index in [4.69, 9.17) is 0 Å². The summed E-state index contributed by atoms with van der Waals surface area (Å²) in [7, 11) is -4.63. The van der Waals surface area contributed by atoms with Gasteiger partial charge >= 0.3 is 29.6 Å². The second-order valence-electron chi connectivity index (χ2n) is 9.79. The molecular weight excluding hydrogens is 403 g/mol. The maximum Gasteiger partial charge on any atom is 1.00 e. The van der Waals surface area contributed by atoms with Crippen LogP contribution in [0.25, 0.3) is 10.8 Å². The molecule has 0 aliphatic rings. The summed E-state index contributed by atoms with van der Waals surface area (Å²) in [4.78, 5) is -0.00666. The molecule has 0 aliphatic carbocycles. The third kappa shape index (κ3) is 4.99. The molecule has 30 heavy (non-hydrogen) atoms. The molecule has 0 amide bonds. The van der Waals surface area contributed by atoms with Crippen molar-refractivity contribution in [1.82, 2.24) is 0 Å². The molecule has 0 saturated carbocycles. The molecule has 0 atom stereocenters. The van der Waals surface area contributed by atoms with Crippen LogP contribution in [0.2, 0.25) is 0 Å². The van der Waals surface area contributed by atoms with Crippen LogP contribution in [-0.2, 0) is 10.1 Å². The maximum atomic E-state index is 12.6. The van der Waals surface area contributed by atoms with Crippen LogP contribution in [0.15, 0.2) is 17.0 Å². The van der Waals surface area contributed by atoms with Gasteiger partial charge in [-0.3, -0.25) is 0 Å². The van der Waals surface area contributed by atoms with Gasteiger partial charge in [0, 0.05) is 5.39 Å². The summed E-state index contributed by atoms with van der Waals surface area (Å²) >= 11 is 0. The Morgan fingerprint density at radius 2 is 1.07 bits per heavy atom. The van der Waals surface area contributed by atoms with Crippen molar-refractivity contribution in [2.75, 3.05) is 0 Å². The molecule has 0 fully saturated rings. The molecular formula is C25H37NaO3S. The first kappa shape index (κ1) is 27.6. The Hall–Kier alpha value is -0.390. The zero-order valence-electron chi connectivity index (χ0n) is 20.7. The van der Waals surface area contributed by atoms with Crippen LogP contribution in [0.3, 0.4) is 0 Å². The largest absolute Gasteiger partial charge is 1.00 e. The fourth-order valence-corrected chi connectivity index (χ4v) is 5.91. The van der Waals surface area contributed by atoms with Gasteiger partial charge in [-0.05, 0) is 62.8 Å². The van der Waals surface area contributed by atoms with E-state index >= 15 is 0 Å². The number of hydrogen-bond acceptors (Lipinski definition) is 3. The van der Waals surface area contributed by atoms with Crippen molar-refractivity contribution in [3.05, 3.63) is 39.9 Å². The SMILES string of the molecule is CC(C)c1ccc2c(S(=O)(=O)[O-])c(C(C)C)c(C(C)C)c(C(C)C)c2c1C(C)C.[Na+]. The van der Waals surface area contributed by atoms with Gasteiger partial charge in [0.15, 0.2) is 0 Å². The van der Waals surface area contributed by atoms with Crippen LogP contribution >= 0.6 is 0 Å². The smallest absolute Gasteiger partial charge is 0.744 e. The zero-order chi connectivity index (χ0) is 22.4. The second kappa shape index (κ2) is 10.0. The van der Waals surface area contributed by atoms with Crippen LogP contribution in [0.4, 0.5) is 0 Å². The van der Waals surface area contributed by atoms with Crippen LogP contribution in [0.1, 0.15) is 127 Å². The van der Waals surface area contributed by atoms with Gasteiger partial charge in [0.2, 0.25) is 0 Å². The Kier molecular flexibility index (Phi) is 9.25. The minimum Gasteiger partial charge on any atom is -0.744 e. The number of benzene rings is 2. The van der Waals surface area contributed by atoms with Gasteiger partial charge in [-0.15, -0.1) is 0 Å². The maximum absolute atomic E-state index is 12.6. The van der Waals surface area contributed by atoms with Crippen molar-refractivity contribution in [2.45, 2.75) is 104 Å². The van der Waals surface area contributed by atoms with Gasteiger partial charge in [-0.1, -0.05) is 81.4 Å². The summed E-state index contributed by atoms with van der Waals surface area (Å²) in [6.07, 6.45) is 0. The summed E-state index contributed by atoms with van der Waals surface area (Å²) in [5.74, 6) is 0.825. The Morgan fingerprint density at radius 1 is 0.633 bits per heavy atom. The monoisotopic (exact) mass is 440 g/mol. The van der Waals surface area contributed by atoms with E-state index in [1.165, 1.54) is 16.7 Å². The molecule has 0 spiro atoms. The summed E-state index contributed by atoms with van der Waals surface area (Å²) in [6.45, 7) is 21.1. The van der Waals surface area contributed by atoms with E-state index in [9.17, 15) is 13.0 Å². The van der Waals surface area contributed by atoms with Gasteiger partial charge in [-0.25, -0.2) is 8.42 Å². The van der Waals surface area contributed by atoms with E-state index in [2.05, 4.69) is 55.4 Å². The Morgan fingerprint density at radius 3 is 1.40 bits per heavy atom. The standard InChI is InChI=1S/C25H38O3S.Na/c1-13(2)18-11-12-19-24(20(18)14(3)4)22(16(7)8)21(15(5)6)23(17(9)10)25(19)29(26,27)28;/h11-17H,1-10H3,(H,26,27,28);/q;+1/p-1. The van der Waals surface area contributed by atoms with E-state index in [-0.39, 0.29) is 58.1 Å². The summed E-state index contributed by atoms with van der Waals surface area (Å²) < 4.78 is 37.7. The van der Waals surface area contributed by atoms with Crippen molar-refractivity contribution < 1.29 is 42.5 Å².